The number of carbonyl (C=O) groups is 1. The van der Waals surface area contributed by atoms with Gasteiger partial charge in [0.1, 0.15) is 17.3 Å². The van der Waals surface area contributed by atoms with Crippen LogP contribution in [0.25, 0.3) is 11.1 Å². The van der Waals surface area contributed by atoms with E-state index in [4.69, 9.17) is 14.2 Å². The van der Waals surface area contributed by atoms with Crippen LogP contribution >= 0.6 is 0 Å². The van der Waals surface area contributed by atoms with Gasteiger partial charge >= 0.3 is 5.97 Å². The summed E-state index contributed by atoms with van der Waals surface area (Å²) in [7, 11) is 0. The third kappa shape index (κ3) is 6.45. The monoisotopic (exact) mass is 524 g/mol. The summed E-state index contributed by atoms with van der Waals surface area (Å²) in [5.74, 6) is -3.27. The molecule has 3 aromatic carbocycles. The number of ether oxygens (including phenoxy) is 3. The molecule has 4 nitrogen and oxygen atoms in total. The van der Waals surface area contributed by atoms with E-state index in [2.05, 4.69) is 6.58 Å². The lowest BCUT2D eigenvalue weighted by molar-refractivity contribution is 0.0325. The van der Waals surface area contributed by atoms with Crippen molar-refractivity contribution in [3.8, 4) is 22.6 Å². The molecule has 0 heterocycles. The molecule has 0 amide bonds. The van der Waals surface area contributed by atoms with Crippen LogP contribution in [-0.4, -0.2) is 25.3 Å². The molecule has 0 spiro atoms. The minimum Gasteiger partial charge on any atom is -0.493 e. The number of benzene rings is 3. The van der Waals surface area contributed by atoms with E-state index in [1.807, 2.05) is 6.92 Å². The van der Waals surface area contributed by atoms with Gasteiger partial charge in [-0.3, -0.25) is 0 Å². The first-order chi connectivity index (χ1) is 18.4. The van der Waals surface area contributed by atoms with Gasteiger partial charge < -0.3 is 14.2 Å². The maximum atomic E-state index is 14.9. The van der Waals surface area contributed by atoms with Crippen LogP contribution in [0, 0.1) is 17.5 Å². The predicted molar refractivity (Wildman–Crippen MR) is 140 cm³/mol. The number of halogens is 3. The molecular weight excluding hydrogens is 493 g/mol. The van der Waals surface area contributed by atoms with E-state index in [9.17, 15) is 18.0 Å². The van der Waals surface area contributed by atoms with Gasteiger partial charge in [-0.05, 0) is 86.4 Å². The molecule has 0 bridgehead atoms. The lowest BCUT2D eigenvalue weighted by atomic mass is 9.82. The van der Waals surface area contributed by atoms with Crippen molar-refractivity contribution in [1.29, 1.82) is 0 Å². The fourth-order valence-corrected chi connectivity index (χ4v) is 4.76. The van der Waals surface area contributed by atoms with E-state index in [1.54, 1.807) is 30.3 Å². The van der Waals surface area contributed by atoms with Crippen molar-refractivity contribution >= 4 is 5.97 Å². The topological polar surface area (TPSA) is 44.8 Å². The SMILES string of the molecule is C=CCCOc1ccc(-c2ccc(OC(=O)c3ccc(C4CCC(OCC)CC4)c(F)c3F)cc2)c(F)c1. The summed E-state index contributed by atoms with van der Waals surface area (Å²) in [6.45, 7) is 6.60. The van der Waals surface area contributed by atoms with E-state index in [1.165, 1.54) is 30.3 Å². The Morgan fingerprint density at radius 2 is 1.66 bits per heavy atom. The van der Waals surface area contributed by atoms with Gasteiger partial charge in [-0.2, -0.15) is 0 Å². The van der Waals surface area contributed by atoms with E-state index in [0.29, 0.717) is 49.4 Å². The summed E-state index contributed by atoms with van der Waals surface area (Å²) >= 11 is 0. The van der Waals surface area contributed by atoms with E-state index in [-0.39, 0.29) is 23.3 Å². The third-order valence-electron chi connectivity index (χ3n) is 6.76. The highest BCUT2D eigenvalue weighted by Crippen LogP contribution is 2.36. The summed E-state index contributed by atoms with van der Waals surface area (Å²) in [5, 5.41) is 0. The molecule has 38 heavy (non-hydrogen) atoms. The second-order valence-corrected chi connectivity index (χ2v) is 9.24. The van der Waals surface area contributed by atoms with Crippen molar-refractivity contribution in [2.24, 2.45) is 0 Å². The standard InChI is InChI=1S/C31H31F3O4/c1-3-5-18-37-24-14-15-25(28(32)19-24)20-8-12-23(13-9-20)38-31(35)27-17-16-26(29(33)30(27)34)21-6-10-22(11-7-21)36-4-2/h3,8-9,12-17,19,21-22H,1,4-7,10-11,18H2,2H3. The largest absolute Gasteiger partial charge is 0.493 e. The van der Waals surface area contributed by atoms with Crippen LogP contribution in [0.1, 0.15) is 60.9 Å². The first-order valence-electron chi connectivity index (χ1n) is 12.9. The molecule has 1 aliphatic rings. The molecule has 0 N–H and O–H groups in total. The highest BCUT2D eigenvalue weighted by Gasteiger charge is 2.28. The van der Waals surface area contributed by atoms with Gasteiger partial charge in [-0.25, -0.2) is 18.0 Å². The number of hydrogen-bond acceptors (Lipinski definition) is 4. The van der Waals surface area contributed by atoms with Gasteiger partial charge in [0, 0.05) is 18.2 Å². The Bertz CT molecular complexity index is 1260. The van der Waals surface area contributed by atoms with Crippen molar-refractivity contribution in [3.05, 3.63) is 95.8 Å². The molecule has 0 aromatic heterocycles. The minimum atomic E-state index is -1.21. The molecule has 0 atom stereocenters. The Balaban J connectivity index is 1.41. The molecule has 0 radical (unpaired) electrons. The zero-order valence-electron chi connectivity index (χ0n) is 21.4. The van der Waals surface area contributed by atoms with Crippen LogP contribution in [0.5, 0.6) is 11.5 Å². The number of esters is 1. The fraction of sp³-hybridized carbons (Fsp3) is 0.323. The zero-order chi connectivity index (χ0) is 27.1. The first-order valence-corrected chi connectivity index (χ1v) is 12.9. The maximum Gasteiger partial charge on any atom is 0.346 e. The van der Waals surface area contributed by atoms with Crippen LogP contribution in [0.4, 0.5) is 13.2 Å². The first kappa shape index (κ1) is 27.5. The van der Waals surface area contributed by atoms with Gasteiger partial charge in [-0.15, -0.1) is 6.58 Å². The smallest absolute Gasteiger partial charge is 0.346 e. The molecule has 200 valence electrons. The van der Waals surface area contributed by atoms with Crippen molar-refractivity contribution in [2.45, 2.75) is 51.0 Å². The highest BCUT2D eigenvalue weighted by molar-refractivity contribution is 5.91. The van der Waals surface area contributed by atoms with Gasteiger partial charge in [0.2, 0.25) is 0 Å². The van der Waals surface area contributed by atoms with Crippen LogP contribution in [0.15, 0.2) is 67.3 Å². The molecule has 7 heteroatoms. The molecule has 1 saturated carbocycles. The lowest BCUT2D eigenvalue weighted by Gasteiger charge is -2.29. The molecule has 4 rings (SSSR count). The normalized spacial score (nSPS) is 17.2. The van der Waals surface area contributed by atoms with E-state index >= 15 is 0 Å². The average Bonchev–Trinajstić information content (AvgIpc) is 2.92. The van der Waals surface area contributed by atoms with Gasteiger partial charge in [0.15, 0.2) is 11.6 Å². The Hall–Kier alpha value is -3.58. The van der Waals surface area contributed by atoms with Crippen LogP contribution in [0.3, 0.4) is 0 Å². The second-order valence-electron chi connectivity index (χ2n) is 9.24. The van der Waals surface area contributed by atoms with Gasteiger partial charge in [0.05, 0.1) is 18.3 Å². The van der Waals surface area contributed by atoms with E-state index < -0.39 is 29.0 Å². The Morgan fingerprint density at radius 3 is 2.32 bits per heavy atom. The minimum absolute atomic E-state index is 0.119. The predicted octanol–water partition coefficient (Wildman–Crippen LogP) is 8.01. The van der Waals surface area contributed by atoms with E-state index in [0.717, 1.165) is 12.8 Å². The van der Waals surface area contributed by atoms with Crippen molar-refractivity contribution in [2.75, 3.05) is 13.2 Å². The number of carbonyl (C=O) groups excluding carboxylic acids is 1. The quantitative estimate of drug-likeness (QED) is 0.117. The molecule has 0 saturated heterocycles. The number of rotatable bonds is 10. The van der Waals surface area contributed by atoms with Gasteiger partial charge in [-0.1, -0.05) is 24.3 Å². The molecule has 3 aromatic rings. The maximum absolute atomic E-state index is 14.9. The Labute approximate surface area is 221 Å². The highest BCUT2D eigenvalue weighted by atomic mass is 19.2. The Morgan fingerprint density at radius 1 is 0.947 bits per heavy atom. The molecular formula is C31H31F3O4. The molecule has 0 unspecified atom stereocenters. The van der Waals surface area contributed by atoms with Crippen LogP contribution in [0.2, 0.25) is 0 Å². The van der Waals surface area contributed by atoms with Crippen molar-refractivity contribution in [3.63, 3.8) is 0 Å². The second kappa shape index (κ2) is 12.8. The van der Waals surface area contributed by atoms with Crippen molar-refractivity contribution in [1.82, 2.24) is 0 Å². The lowest BCUT2D eigenvalue weighted by Crippen LogP contribution is -2.22. The summed E-state index contributed by atoms with van der Waals surface area (Å²) in [5.41, 5.74) is 0.701. The Kier molecular flexibility index (Phi) is 9.24. The summed E-state index contributed by atoms with van der Waals surface area (Å²) in [4.78, 5) is 12.6. The average molecular weight is 525 g/mol. The molecule has 1 aliphatic carbocycles. The van der Waals surface area contributed by atoms with Crippen molar-refractivity contribution < 1.29 is 32.2 Å². The number of hydrogen-bond donors (Lipinski definition) is 0. The zero-order valence-corrected chi connectivity index (χ0v) is 21.4. The van der Waals surface area contributed by atoms with Crippen LogP contribution < -0.4 is 9.47 Å². The summed E-state index contributed by atoms with van der Waals surface area (Å²) in [6, 6.07) is 13.4. The summed E-state index contributed by atoms with van der Waals surface area (Å²) in [6.07, 6.45) is 5.50. The molecule has 0 aliphatic heterocycles. The van der Waals surface area contributed by atoms with Crippen LogP contribution in [-0.2, 0) is 4.74 Å². The third-order valence-corrected chi connectivity index (χ3v) is 6.76. The fourth-order valence-electron chi connectivity index (χ4n) is 4.76. The van der Waals surface area contributed by atoms with Gasteiger partial charge in [0.25, 0.3) is 0 Å². The molecule has 1 fully saturated rings. The summed E-state index contributed by atoms with van der Waals surface area (Å²) < 4.78 is 60.8.